The highest BCUT2D eigenvalue weighted by Gasteiger charge is 2.28. The van der Waals surface area contributed by atoms with Gasteiger partial charge in [0.05, 0.1) is 17.4 Å². The molecule has 0 atom stereocenters. The Morgan fingerprint density at radius 2 is 2.14 bits per heavy atom. The Bertz CT molecular complexity index is 736. The number of carbonyl (C=O) groups is 2. The first-order chi connectivity index (χ1) is 10.0. The SMILES string of the molecule is Cc1nnc2sc(C(=O)NC3CN(C=O)C3)c(N)c2c1C. The van der Waals surface area contributed by atoms with Gasteiger partial charge < -0.3 is 16.0 Å². The van der Waals surface area contributed by atoms with Gasteiger partial charge in [0.15, 0.2) is 0 Å². The highest BCUT2D eigenvalue weighted by Crippen LogP contribution is 2.34. The molecule has 2 aromatic rings. The van der Waals surface area contributed by atoms with E-state index in [1.165, 1.54) is 11.3 Å². The summed E-state index contributed by atoms with van der Waals surface area (Å²) in [4.78, 5) is 25.5. The molecular formula is C13H15N5O2S. The molecule has 0 saturated carbocycles. The Kier molecular flexibility index (Phi) is 3.25. The highest BCUT2D eigenvalue weighted by molar-refractivity contribution is 7.21. The summed E-state index contributed by atoms with van der Waals surface area (Å²) in [6.07, 6.45) is 0.776. The molecular weight excluding hydrogens is 290 g/mol. The van der Waals surface area contributed by atoms with E-state index in [4.69, 9.17) is 5.73 Å². The fourth-order valence-electron chi connectivity index (χ4n) is 2.35. The number of nitrogens with two attached hydrogens (primary N) is 1. The minimum absolute atomic E-state index is 0.0128. The first-order valence-electron chi connectivity index (χ1n) is 6.53. The lowest BCUT2D eigenvalue weighted by molar-refractivity contribution is -0.122. The molecule has 1 fully saturated rings. The van der Waals surface area contributed by atoms with Gasteiger partial charge in [-0.05, 0) is 19.4 Å². The topological polar surface area (TPSA) is 101 Å². The van der Waals surface area contributed by atoms with Crippen molar-refractivity contribution >= 4 is 39.6 Å². The van der Waals surface area contributed by atoms with Crippen molar-refractivity contribution in [2.45, 2.75) is 19.9 Å². The number of amides is 2. The maximum absolute atomic E-state index is 12.3. The third kappa shape index (κ3) is 2.21. The van der Waals surface area contributed by atoms with Crippen LogP contribution in [0.3, 0.4) is 0 Å². The number of nitrogen functional groups attached to an aromatic ring is 1. The molecule has 0 bridgehead atoms. The third-order valence-electron chi connectivity index (χ3n) is 3.74. The van der Waals surface area contributed by atoms with E-state index in [0.29, 0.717) is 28.5 Å². The van der Waals surface area contributed by atoms with E-state index in [9.17, 15) is 9.59 Å². The minimum Gasteiger partial charge on any atom is -0.397 e. The van der Waals surface area contributed by atoms with Crippen molar-refractivity contribution in [2.24, 2.45) is 0 Å². The zero-order chi connectivity index (χ0) is 15.1. The van der Waals surface area contributed by atoms with E-state index in [1.807, 2.05) is 13.8 Å². The predicted molar refractivity (Wildman–Crippen MR) is 80.2 cm³/mol. The molecule has 2 aromatic heterocycles. The number of likely N-dealkylation sites (tertiary alicyclic amines) is 1. The molecule has 0 aromatic carbocycles. The van der Waals surface area contributed by atoms with Crippen molar-refractivity contribution < 1.29 is 9.59 Å². The molecule has 3 N–H and O–H groups in total. The maximum atomic E-state index is 12.3. The zero-order valence-corrected chi connectivity index (χ0v) is 12.5. The first-order valence-corrected chi connectivity index (χ1v) is 7.35. The molecule has 0 radical (unpaired) electrons. The molecule has 0 unspecified atom stereocenters. The van der Waals surface area contributed by atoms with Crippen LogP contribution in [0.25, 0.3) is 10.2 Å². The van der Waals surface area contributed by atoms with E-state index in [1.54, 1.807) is 4.90 Å². The number of anilines is 1. The predicted octanol–water partition coefficient (Wildman–Crippen LogP) is 0.461. The number of aryl methyl sites for hydroxylation is 2. The number of fused-ring (bicyclic) bond motifs is 1. The number of hydrogen-bond donors (Lipinski definition) is 2. The Morgan fingerprint density at radius 3 is 2.81 bits per heavy atom. The number of carbonyl (C=O) groups excluding carboxylic acids is 2. The molecule has 0 aliphatic carbocycles. The molecule has 110 valence electrons. The second kappa shape index (κ2) is 4.96. The highest BCUT2D eigenvalue weighted by atomic mass is 32.1. The number of rotatable bonds is 3. The van der Waals surface area contributed by atoms with Gasteiger partial charge in [0, 0.05) is 18.5 Å². The molecule has 3 rings (SSSR count). The van der Waals surface area contributed by atoms with Gasteiger partial charge in [-0.2, -0.15) is 5.10 Å². The van der Waals surface area contributed by atoms with Crippen LogP contribution >= 0.6 is 11.3 Å². The van der Waals surface area contributed by atoms with Gasteiger partial charge in [-0.15, -0.1) is 16.4 Å². The standard InChI is InChI=1S/C13H15N5O2S/c1-6-7(2)16-17-13-9(6)10(14)11(21-13)12(20)15-8-3-18(4-8)5-19/h5,8H,3-4,14H2,1-2H3,(H,15,20). The minimum atomic E-state index is -0.219. The summed E-state index contributed by atoms with van der Waals surface area (Å²) in [5, 5.41) is 11.8. The van der Waals surface area contributed by atoms with Crippen molar-refractivity contribution in [3.05, 3.63) is 16.1 Å². The Labute approximate surface area is 125 Å². The van der Waals surface area contributed by atoms with Crippen molar-refractivity contribution in [3.8, 4) is 0 Å². The van der Waals surface area contributed by atoms with E-state index in [-0.39, 0.29) is 11.9 Å². The largest absolute Gasteiger partial charge is 0.397 e. The van der Waals surface area contributed by atoms with Crippen LogP contribution in [0.4, 0.5) is 5.69 Å². The molecule has 0 spiro atoms. The van der Waals surface area contributed by atoms with Crippen molar-refractivity contribution in [1.29, 1.82) is 0 Å². The monoisotopic (exact) mass is 305 g/mol. The molecule has 1 aliphatic heterocycles. The van der Waals surface area contributed by atoms with Crippen LogP contribution in [-0.4, -0.2) is 46.5 Å². The molecule has 8 heteroatoms. The van der Waals surface area contributed by atoms with Gasteiger partial charge in [0.25, 0.3) is 5.91 Å². The lowest BCUT2D eigenvalue weighted by Gasteiger charge is -2.36. The third-order valence-corrected chi connectivity index (χ3v) is 4.82. The summed E-state index contributed by atoms with van der Waals surface area (Å²) in [6.45, 7) is 4.86. The normalized spacial score (nSPS) is 15.0. The summed E-state index contributed by atoms with van der Waals surface area (Å²) < 4.78 is 0. The fraction of sp³-hybridized carbons (Fsp3) is 0.385. The van der Waals surface area contributed by atoms with Crippen molar-refractivity contribution in [2.75, 3.05) is 18.8 Å². The van der Waals surface area contributed by atoms with Crippen LogP contribution in [0.15, 0.2) is 0 Å². The van der Waals surface area contributed by atoms with Crippen LogP contribution in [0, 0.1) is 13.8 Å². The average Bonchev–Trinajstić information content (AvgIpc) is 2.75. The first kappa shape index (κ1) is 13.7. The summed E-state index contributed by atoms with van der Waals surface area (Å²) >= 11 is 1.24. The van der Waals surface area contributed by atoms with Gasteiger partial charge in [-0.25, -0.2) is 0 Å². The van der Waals surface area contributed by atoms with Gasteiger partial charge in [-0.3, -0.25) is 9.59 Å². The van der Waals surface area contributed by atoms with Gasteiger partial charge in [0.1, 0.15) is 9.71 Å². The summed E-state index contributed by atoms with van der Waals surface area (Å²) in [7, 11) is 0. The van der Waals surface area contributed by atoms with Gasteiger partial charge in [0.2, 0.25) is 6.41 Å². The smallest absolute Gasteiger partial charge is 0.263 e. The zero-order valence-electron chi connectivity index (χ0n) is 11.7. The lowest BCUT2D eigenvalue weighted by atomic mass is 10.1. The number of hydrogen-bond acceptors (Lipinski definition) is 6. The van der Waals surface area contributed by atoms with Crippen LogP contribution in [0.5, 0.6) is 0 Å². The van der Waals surface area contributed by atoms with Gasteiger partial charge >= 0.3 is 0 Å². The maximum Gasteiger partial charge on any atom is 0.263 e. The molecule has 1 aliphatic rings. The van der Waals surface area contributed by atoms with Crippen molar-refractivity contribution in [3.63, 3.8) is 0 Å². The lowest BCUT2D eigenvalue weighted by Crippen LogP contribution is -2.58. The van der Waals surface area contributed by atoms with Crippen LogP contribution in [0.2, 0.25) is 0 Å². The average molecular weight is 305 g/mol. The number of nitrogens with one attached hydrogen (secondary N) is 1. The second-order valence-corrected chi connectivity index (χ2v) is 6.16. The summed E-state index contributed by atoms with van der Waals surface area (Å²) in [5.74, 6) is -0.219. The van der Waals surface area contributed by atoms with Gasteiger partial charge in [-0.1, -0.05) is 0 Å². The molecule has 21 heavy (non-hydrogen) atoms. The second-order valence-electron chi connectivity index (χ2n) is 5.17. The summed E-state index contributed by atoms with van der Waals surface area (Å²) in [6, 6.07) is -0.0128. The number of thiophene rings is 1. The molecule has 1 saturated heterocycles. The Balaban J connectivity index is 1.87. The quantitative estimate of drug-likeness (QED) is 0.802. The van der Waals surface area contributed by atoms with Crippen LogP contribution < -0.4 is 11.1 Å². The number of nitrogens with zero attached hydrogens (tertiary/aromatic N) is 3. The van der Waals surface area contributed by atoms with Crippen LogP contribution in [-0.2, 0) is 4.79 Å². The van der Waals surface area contributed by atoms with Crippen LogP contribution in [0.1, 0.15) is 20.9 Å². The van der Waals surface area contributed by atoms with E-state index in [0.717, 1.165) is 23.1 Å². The van der Waals surface area contributed by atoms with E-state index < -0.39 is 0 Å². The molecule has 7 nitrogen and oxygen atoms in total. The Hall–Kier alpha value is -2.22. The van der Waals surface area contributed by atoms with E-state index in [2.05, 4.69) is 15.5 Å². The fourth-order valence-corrected chi connectivity index (χ4v) is 3.35. The van der Waals surface area contributed by atoms with E-state index >= 15 is 0 Å². The van der Waals surface area contributed by atoms with Crippen molar-refractivity contribution in [1.82, 2.24) is 20.4 Å². The summed E-state index contributed by atoms with van der Waals surface area (Å²) in [5.41, 5.74) is 8.32. The number of aromatic nitrogens is 2. The Morgan fingerprint density at radius 1 is 1.43 bits per heavy atom. The molecule has 2 amide bonds. The molecule has 3 heterocycles.